The third-order valence-electron chi connectivity index (χ3n) is 2.42. The van der Waals surface area contributed by atoms with Crippen LogP contribution >= 0.6 is 15.9 Å². The Labute approximate surface area is 108 Å². The number of nitrogens with zero attached hydrogens (tertiary/aromatic N) is 2. The highest BCUT2D eigenvalue weighted by molar-refractivity contribution is 9.10. The normalized spacial score (nSPS) is 10.2. The van der Waals surface area contributed by atoms with Gasteiger partial charge >= 0.3 is 0 Å². The smallest absolute Gasteiger partial charge is 0.156 e. The Kier molecular flexibility index (Phi) is 3.19. The Morgan fingerprint density at radius 3 is 2.53 bits per heavy atom. The Morgan fingerprint density at radius 1 is 1.29 bits per heavy atom. The van der Waals surface area contributed by atoms with Gasteiger partial charge in [0.05, 0.1) is 5.69 Å². The van der Waals surface area contributed by atoms with Gasteiger partial charge in [-0.05, 0) is 46.3 Å². The van der Waals surface area contributed by atoms with Crippen molar-refractivity contribution in [1.82, 2.24) is 4.98 Å². The summed E-state index contributed by atoms with van der Waals surface area (Å²) >= 11 is 3.32. The summed E-state index contributed by atoms with van der Waals surface area (Å²) in [4.78, 5) is 6.13. The van der Waals surface area contributed by atoms with Gasteiger partial charge in [0, 0.05) is 23.4 Å². The molecule has 0 saturated heterocycles. The lowest BCUT2D eigenvalue weighted by Gasteiger charge is -2.20. The van der Waals surface area contributed by atoms with Crippen molar-refractivity contribution in [2.45, 2.75) is 0 Å². The van der Waals surface area contributed by atoms with E-state index in [1.165, 1.54) is 0 Å². The molecule has 3 N–H and O–H groups in total. The zero-order chi connectivity index (χ0) is 12.4. The Morgan fingerprint density at radius 2 is 1.94 bits per heavy atom. The fraction of sp³-hybridized carbons (Fsp3) is 0.0833. The predicted molar refractivity (Wildman–Crippen MR) is 72.5 cm³/mol. The van der Waals surface area contributed by atoms with Crippen molar-refractivity contribution < 1.29 is 5.11 Å². The van der Waals surface area contributed by atoms with Gasteiger partial charge in [0.2, 0.25) is 0 Å². The van der Waals surface area contributed by atoms with E-state index in [-0.39, 0.29) is 5.75 Å². The summed E-state index contributed by atoms with van der Waals surface area (Å²) in [5.74, 6) is 0.915. The first-order valence-electron chi connectivity index (χ1n) is 5.01. The van der Waals surface area contributed by atoms with Crippen LogP contribution in [-0.4, -0.2) is 17.1 Å². The first kappa shape index (κ1) is 11.7. The van der Waals surface area contributed by atoms with E-state index in [1.54, 1.807) is 36.5 Å². The van der Waals surface area contributed by atoms with Crippen molar-refractivity contribution in [1.29, 1.82) is 0 Å². The van der Waals surface area contributed by atoms with Crippen molar-refractivity contribution in [3.8, 4) is 5.75 Å². The molecule has 88 valence electrons. The van der Waals surface area contributed by atoms with Crippen LogP contribution in [0.4, 0.5) is 17.2 Å². The minimum Gasteiger partial charge on any atom is -0.508 e. The van der Waals surface area contributed by atoms with Crippen LogP contribution < -0.4 is 10.6 Å². The van der Waals surface area contributed by atoms with Crippen LogP contribution in [0.2, 0.25) is 0 Å². The lowest BCUT2D eigenvalue weighted by molar-refractivity contribution is 0.475. The number of rotatable bonds is 2. The third-order valence-corrected chi connectivity index (χ3v) is 2.85. The van der Waals surface area contributed by atoms with E-state index in [0.717, 1.165) is 10.2 Å². The van der Waals surface area contributed by atoms with Gasteiger partial charge in [0.25, 0.3) is 0 Å². The molecule has 0 saturated carbocycles. The number of hydrogen-bond donors (Lipinski definition) is 2. The minimum atomic E-state index is 0.235. The number of phenols is 1. The quantitative estimate of drug-likeness (QED) is 0.894. The van der Waals surface area contributed by atoms with Crippen molar-refractivity contribution in [3.05, 3.63) is 41.0 Å². The molecule has 1 aromatic carbocycles. The highest BCUT2D eigenvalue weighted by Gasteiger charge is 2.09. The predicted octanol–water partition coefficient (Wildman–Crippen LogP) is 2.90. The van der Waals surface area contributed by atoms with Gasteiger partial charge in [0.15, 0.2) is 5.82 Å². The number of halogens is 1. The van der Waals surface area contributed by atoms with Crippen molar-refractivity contribution in [3.63, 3.8) is 0 Å². The largest absolute Gasteiger partial charge is 0.508 e. The molecule has 4 nitrogen and oxygen atoms in total. The minimum absolute atomic E-state index is 0.235. The maximum absolute atomic E-state index is 9.23. The number of hydrogen-bond acceptors (Lipinski definition) is 4. The molecule has 0 aliphatic rings. The first-order chi connectivity index (χ1) is 8.08. The molecule has 0 radical (unpaired) electrons. The Bertz CT molecular complexity index is 528. The molecule has 5 heteroatoms. The van der Waals surface area contributed by atoms with Crippen LogP contribution in [-0.2, 0) is 0 Å². The average Bonchev–Trinajstić information content (AvgIpc) is 2.29. The van der Waals surface area contributed by atoms with E-state index >= 15 is 0 Å². The molecule has 0 amide bonds. The molecule has 0 unspecified atom stereocenters. The molecular formula is C12H12BrN3O. The number of phenolic OH excluding ortho intramolecular Hbond substituents is 1. The fourth-order valence-electron chi connectivity index (χ4n) is 1.53. The monoisotopic (exact) mass is 293 g/mol. The Balaban J connectivity index is 2.36. The fourth-order valence-corrected chi connectivity index (χ4v) is 1.88. The van der Waals surface area contributed by atoms with Gasteiger partial charge in [-0.15, -0.1) is 0 Å². The number of anilines is 3. The third kappa shape index (κ3) is 2.50. The van der Waals surface area contributed by atoms with E-state index in [4.69, 9.17) is 5.73 Å². The molecule has 0 spiro atoms. The number of benzene rings is 1. The summed E-state index contributed by atoms with van der Waals surface area (Å²) in [6, 6.07) is 8.66. The van der Waals surface area contributed by atoms with Crippen LogP contribution in [0.1, 0.15) is 0 Å². The van der Waals surface area contributed by atoms with Crippen molar-refractivity contribution in [2.24, 2.45) is 0 Å². The Hall–Kier alpha value is -1.75. The highest BCUT2D eigenvalue weighted by atomic mass is 79.9. The van der Waals surface area contributed by atoms with Crippen LogP contribution in [0.5, 0.6) is 5.75 Å². The van der Waals surface area contributed by atoms with Gasteiger partial charge < -0.3 is 15.7 Å². The average molecular weight is 294 g/mol. The molecule has 0 atom stereocenters. The molecule has 2 aromatic rings. The molecule has 0 aliphatic heterocycles. The molecule has 1 heterocycles. The van der Waals surface area contributed by atoms with Crippen molar-refractivity contribution >= 4 is 33.1 Å². The van der Waals surface area contributed by atoms with Gasteiger partial charge in [-0.1, -0.05) is 0 Å². The van der Waals surface area contributed by atoms with Crippen LogP contribution in [0.15, 0.2) is 41.0 Å². The molecule has 0 bridgehead atoms. The molecule has 1 aromatic heterocycles. The van der Waals surface area contributed by atoms with E-state index in [0.29, 0.717) is 11.5 Å². The maximum atomic E-state index is 9.23. The van der Waals surface area contributed by atoms with Gasteiger partial charge in [-0.3, -0.25) is 0 Å². The number of pyridine rings is 1. The molecule has 2 rings (SSSR count). The number of nitrogen functional groups attached to an aromatic ring is 1. The summed E-state index contributed by atoms with van der Waals surface area (Å²) in [6.07, 6.45) is 1.70. The second-order valence-corrected chi connectivity index (χ2v) is 4.56. The number of aromatic hydroxyl groups is 1. The second kappa shape index (κ2) is 4.63. The first-order valence-corrected chi connectivity index (χ1v) is 5.81. The molecule has 17 heavy (non-hydrogen) atoms. The molecule has 0 aliphatic carbocycles. The van der Waals surface area contributed by atoms with Crippen molar-refractivity contribution in [2.75, 3.05) is 17.7 Å². The summed E-state index contributed by atoms with van der Waals surface area (Å²) in [5.41, 5.74) is 7.41. The summed E-state index contributed by atoms with van der Waals surface area (Å²) in [6.45, 7) is 0. The zero-order valence-electron chi connectivity index (χ0n) is 9.26. The van der Waals surface area contributed by atoms with E-state index < -0.39 is 0 Å². The van der Waals surface area contributed by atoms with Crippen LogP contribution in [0.25, 0.3) is 0 Å². The highest BCUT2D eigenvalue weighted by Crippen LogP contribution is 2.29. The summed E-state index contributed by atoms with van der Waals surface area (Å²) < 4.78 is 0.845. The van der Waals surface area contributed by atoms with Crippen LogP contribution in [0, 0.1) is 0 Å². The molecule has 0 fully saturated rings. The van der Waals surface area contributed by atoms with Gasteiger partial charge in [-0.2, -0.15) is 0 Å². The van der Waals surface area contributed by atoms with Gasteiger partial charge in [0.1, 0.15) is 5.75 Å². The van der Waals surface area contributed by atoms with Crippen LogP contribution in [0.3, 0.4) is 0 Å². The summed E-state index contributed by atoms with van der Waals surface area (Å²) in [7, 11) is 1.87. The lowest BCUT2D eigenvalue weighted by Crippen LogP contribution is -2.13. The summed E-state index contributed by atoms with van der Waals surface area (Å²) in [5, 5.41) is 9.23. The maximum Gasteiger partial charge on any atom is 0.156 e. The SMILES string of the molecule is CN(c1ccc(O)cc1)c1ncc(Br)cc1N. The second-order valence-electron chi connectivity index (χ2n) is 3.64. The number of nitrogens with two attached hydrogens (primary N) is 1. The number of aromatic nitrogens is 1. The van der Waals surface area contributed by atoms with E-state index in [1.807, 2.05) is 11.9 Å². The topological polar surface area (TPSA) is 62.4 Å². The lowest BCUT2D eigenvalue weighted by atomic mass is 10.2. The zero-order valence-corrected chi connectivity index (χ0v) is 10.8. The molecular weight excluding hydrogens is 282 g/mol. The van der Waals surface area contributed by atoms with E-state index in [2.05, 4.69) is 20.9 Å². The van der Waals surface area contributed by atoms with E-state index in [9.17, 15) is 5.11 Å². The standard InChI is InChI=1S/C12H12BrN3O/c1-16(9-2-4-10(17)5-3-9)12-11(14)6-8(13)7-15-12/h2-7,17H,14H2,1H3. The van der Waals surface area contributed by atoms with Gasteiger partial charge in [-0.25, -0.2) is 4.98 Å².